The molecule has 0 N–H and O–H groups in total. The standard InChI is InChI=1S/C16H17FNO2.HI/c1-16(19-10-11-20-16)15-8-4-5-9-18(15)12-13-6-2-3-7-14(13)17;/h2-9H,10-12H2,1H3;1H/q+1;/p-1. The fourth-order valence-corrected chi connectivity index (χ4v) is 2.50. The van der Waals surface area contributed by atoms with Crippen LogP contribution in [0, 0.1) is 5.82 Å². The van der Waals surface area contributed by atoms with Crippen molar-refractivity contribution in [3.63, 3.8) is 0 Å². The molecule has 0 radical (unpaired) electrons. The van der Waals surface area contributed by atoms with Crippen LogP contribution in [0.15, 0.2) is 48.7 Å². The summed E-state index contributed by atoms with van der Waals surface area (Å²) in [5.41, 5.74) is 1.53. The quantitative estimate of drug-likeness (QED) is 0.506. The molecule has 0 aliphatic carbocycles. The molecule has 2 aromatic rings. The highest BCUT2D eigenvalue weighted by molar-refractivity contribution is 5.16. The largest absolute Gasteiger partial charge is 1.00 e. The first-order valence-electron chi connectivity index (χ1n) is 6.69. The number of pyridine rings is 1. The Morgan fingerprint density at radius 2 is 1.76 bits per heavy atom. The molecule has 3 rings (SSSR count). The SMILES string of the molecule is CC1(c2cccc[n+]2Cc2ccccc2F)OCCO1.[I-]. The van der Waals surface area contributed by atoms with E-state index in [2.05, 4.69) is 0 Å². The maximum atomic E-state index is 13.8. The van der Waals surface area contributed by atoms with Crippen molar-refractivity contribution in [2.75, 3.05) is 13.2 Å². The fourth-order valence-electron chi connectivity index (χ4n) is 2.50. The van der Waals surface area contributed by atoms with E-state index in [-0.39, 0.29) is 29.8 Å². The van der Waals surface area contributed by atoms with E-state index in [1.807, 2.05) is 42.0 Å². The molecule has 1 aromatic heterocycles. The molecule has 1 aliphatic heterocycles. The molecular weight excluding hydrogens is 384 g/mol. The molecule has 3 nitrogen and oxygen atoms in total. The summed E-state index contributed by atoms with van der Waals surface area (Å²) in [6.45, 7) is 3.49. The van der Waals surface area contributed by atoms with Crippen LogP contribution in [0.2, 0.25) is 0 Å². The molecule has 0 atom stereocenters. The van der Waals surface area contributed by atoms with Crippen LogP contribution in [0.5, 0.6) is 0 Å². The summed E-state index contributed by atoms with van der Waals surface area (Å²) in [5, 5.41) is 0. The van der Waals surface area contributed by atoms with E-state index in [0.29, 0.717) is 25.3 Å². The number of ether oxygens (including phenoxy) is 2. The van der Waals surface area contributed by atoms with Crippen LogP contribution < -0.4 is 28.5 Å². The fraction of sp³-hybridized carbons (Fsp3) is 0.312. The lowest BCUT2D eigenvalue weighted by Gasteiger charge is -2.20. The molecule has 112 valence electrons. The number of nitrogens with zero attached hydrogens (tertiary/aromatic N) is 1. The normalized spacial score (nSPS) is 16.5. The van der Waals surface area contributed by atoms with E-state index in [4.69, 9.17) is 9.47 Å². The Morgan fingerprint density at radius 1 is 1.10 bits per heavy atom. The first-order chi connectivity index (χ1) is 9.69. The van der Waals surface area contributed by atoms with Crippen molar-refractivity contribution in [2.24, 2.45) is 0 Å². The second-order valence-electron chi connectivity index (χ2n) is 4.95. The van der Waals surface area contributed by atoms with Crippen LogP contribution in [0.3, 0.4) is 0 Å². The summed E-state index contributed by atoms with van der Waals surface area (Å²) >= 11 is 0. The Morgan fingerprint density at radius 3 is 2.48 bits per heavy atom. The van der Waals surface area contributed by atoms with Gasteiger partial charge in [-0.15, -0.1) is 0 Å². The van der Waals surface area contributed by atoms with E-state index < -0.39 is 5.79 Å². The minimum absolute atomic E-state index is 0. The van der Waals surface area contributed by atoms with E-state index in [0.717, 1.165) is 5.69 Å². The number of rotatable bonds is 3. The number of hydrogen-bond acceptors (Lipinski definition) is 2. The minimum atomic E-state index is -0.757. The smallest absolute Gasteiger partial charge is 0.253 e. The predicted octanol–water partition coefficient (Wildman–Crippen LogP) is -0.615. The number of halogens is 2. The Kier molecular flexibility index (Phi) is 5.29. The van der Waals surface area contributed by atoms with Gasteiger partial charge in [-0.1, -0.05) is 12.1 Å². The van der Waals surface area contributed by atoms with Gasteiger partial charge in [0.1, 0.15) is 5.82 Å². The molecule has 1 saturated heterocycles. The van der Waals surface area contributed by atoms with Crippen LogP contribution in [0.1, 0.15) is 18.2 Å². The Hall–Kier alpha value is -1.05. The van der Waals surface area contributed by atoms with Crippen LogP contribution >= 0.6 is 0 Å². The molecule has 5 heteroatoms. The number of benzene rings is 1. The zero-order valence-corrected chi connectivity index (χ0v) is 13.9. The van der Waals surface area contributed by atoms with E-state index in [1.54, 1.807) is 12.1 Å². The van der Waals surface area contributed by atoms with Crippen molar-refractivity contribution in [3.05, 3.63) is 65.7 Å². The molecule has 21 heavy (non-hydrogen) atoms. The lowest BCUT2D eigenvalue weighted by molar-refractivity contribution is -0.706. The zero-order chi connectivity index (χ0) is 14.0. The lowest BCUT2D eigenvalue weighted by atomic mass is 10.1. The van der Waals surface area contributed by atoms with Crippen molar-refractivity contribution < 1.29 is 42.4 Å². The Balaban J connectivity index is 0.00000161. The molecule has 1 aliphatic rings. The predicted molar refractivity (Wildman–Crippen MR) is 71.4 cm³/mol. The number of aromatic nitrogens is 1. The highest BCUT2D eigenvalue weighted by Crippen LogP contribution is 2.28. The van der Waals surface area contributed by atoms with Crippen LogP contribution in [0.25, 0.3) is 0 Å². The van der Waals surface area contributed by atoms with Crippen LogP contribution in [-0.2, 0) is 21.8 Å². The second kappa shape index (κ2) is 6.81. The highest BCUT2D eigenvalue weighted by atomic mass is 127. The summed E-state index contributed by atoms with van der Waals surface area (Å²) in [4.78, 5) is 0. The van der Waals surface area contributed by atoms with Crippen molar-refractivity contribution in [1.29, 1.82) is 0 Å². The van der Waals surface area contributed by atoms with Gasteiger partial charge in [0.15, 0.2) is 12.7 Å². The molecular formula is C16H17FINO2. The van der Waals surface area contributed by atoms with Gasteiger partial charge in [0, 0.05) is 19.1 Å². The average molecular weight is 401 g/mol. The van der Waals surface area contributed by atoms with Crippen molar-refractivity contribution >= 4 is 0 Å². The van der Waals surface area contributed by atoms with Gasteiger partial charge in [-0.2, -0.15) is 4.57 Å². The minimum Gasteiger partial charge on any atom is -1.00 e. The first kappa shape index (κ1) is 16.3. The molecule has 0 spiro atoms. The number of hydrogen-bond donors (Lipinski definition) is 0. The summed E-state index contributed by atoms with van der Waals surface area (Å²) < 4.78 is 27.2. The van der Waals surface area contributed by atoms with Crippen molar-refractivity contribution in [2.45, 2.75) is 19.3 Å². The van der Waals surface area contributed by atoms with Gasteiger partial charge in [0.25, 0.3) is 5.79 Å². The molecule has 0 saturated carbocycles. The Labute approximate surface area is 140 Å². The molecule has 0 amide bonds. The van der Waals surface area contributed by atoms with Gasteiger partial charge in [-0.05, 0) is 18.2 Å². The topological polar surface area (TPSA) is 22.3 Å². The van der Waals surface area contributed by atoms with Gasteiger partial charge < -0.3 is 33.5 Å². The average Bonchev–Trinajstić information content (AvgIpc) is 2.90. The zero-order valence-electron chi connectivity index (χ0n) is 11.8. The third kappa shape index (κ3) is 3.41. The maximum absolute atomic E-state index is 13.8. The van der Waals surface area contributed by atoms with Gasteiger partial charge in [0.2, 0.25) is 5.69 Å². The van der Waals surface area contributed by atoms with Gasteiger partial charge in [0.05, 0.1) is 18.8 Å². The molecule has 1 aromatic carbocycles. The molecule has 0 unspecified atom stereocenters. The van der Waals surface area contributed by atoms with E-state index >= 15 is 0 Å². The summed E-state index contributed by atoms with van der Waals surface area (Å²) in [6.07, 6.45) is 1.91. The first-order valence-corrected chi connectivity index (χ1v) is 6.69. The lowest BCUT2D eigenvalue weighted by Crippen LogP contribution is -3.00. The molecule has 2 heterocycles. The third-order valence-corrected chi connectivity index (χ3v) is 3.54. The maximum Gasteiger partial charge on any atom is 0.253 e. The summed E-state index contributed by atoms with van der Waals surface area (Å²) in [7, 11) is 0. The van der Waals surface area contributed by atoms with Crippen molar-refractivity contribution in [1.82, 2.24) is 0 Å². The van der Waals surface area contributed by atoms with Gasteiger partial charge in [-0.3, -0.25) is 0 Å². The molecule has 0 bridgehead atoms. The van der Waals surface area contributed by atoms with E-state index in [1.165, 1.54) is 6.07 Å². The van der Waals surface area contributed by atoms with Crippen molar-refractivity contribution in [3.8, 4) is 0 Å². The van der Waals surface area contributed by atoms with Crippen LogP contribution in [0.4, 0.5) is 4.39 Å². The van der Waals surface area contributed by atoms with Crippen LogP contribution in [-0.4, -0.2) is 13.2 Å². The van der Waals surface area contributed by atoms with Gasteiger partial charge >= 0.3 is 0 Å². The highest BCUT2D eigenvalue weighted by Gasteiger charge is 2.40. The van der Waals surface area contributed by atoms with Gasteiger partial charge in [-0.25, -0.2) is 4.39 Å². The monoisotopic (exact) mass is 401 g/mol. The summed E-state index contributed by atoms with van der Waals surface area (Å²) in [6, 6.07) is 12.6. The van der Waals surface area contributed by atoms with E-state index in [9.17, 15) is 4.39 Å². The summed E-state index contributed by atoms with van der Waals surface area (Å²) in [5.74, 6) is -0.958. The second-order valence-corrected chi connectivity index (χ2v) is 4.95. The molecule has 1 fully saturated rings. The third-order valence-electron chi connectivity index (χ3n) is 3.54. The Bertz CT molecular complexity index is 615.